The summed E-state index contributed by atoms with van der Waals surface area (Å²) in [6.07, 6.45) is 4.70. The summed E-state index contributed by atoms with van der Waals surface area (Å²) in [6.45, 7) is 2.64. The Labute approximate surface area is 167 Å². The van der Waals surface area contributed by atoms with Crippen molar-refractivity contribution in [3.8, 4) is 0 Å². The largest absolute Gasteiger partial charge is 0.364 e. The fraction of sp³-hybridized carbons (Fsp3) is 0.571. The molecule has 1 saturated heterocycles. The third-order valence-corrected chi connectivity index (χ3v) is 6.49. The first-order valence-corrected chi connectivity index (χ1v) is 10.4. The van der Waals surface area contributed by atoms with Gasteiger partial charge in [0.2, 0.25) is 0 Å². The highest BCUT2D eigenvalue weighted by Gasteiger charge is 2.43. The first kappa shape index (κ1) is 18.7. The van der Waals surface area contributed by atoms with Gasteiger partial charge in [0.05, 0.1) is 12.6 Å². The van der Waals surface area contributed by atoms with Crippen LogP contribution < -0.4 is 11.1 Å². The fourth-order valence-electron chi connectivity index (χ4n) is 4.97. The van der Waals surface area contributed by atoms with Crippen molar-refractivity contribution in [3.63, 3.8) is 0 Å². The number of fused-ring (bicyclic) bond motifs is 1. The van der Waals surface area contributed by atoms with Gasteiger partial charge in [0.15, 0.2) is 5.82 Å². The number of hydrogen-bond acceptors (Lipinski definition) is 5. The fourth-order valence-corrected chi connectivity index (χ4v) is 4.97. The van der Waals surface area contributed by atoms with Gasteiger partial charge in [-0.25, -0.2) is 9.07 Å². The second kappa shape index (κ2) is 7.18. The summed E-state index contributed by atoms with van der Waals surface area (Å²) < 4.78 is 22.6. The molecule has 2 fully saturated rings. The van der Waals surface area contributed by atoms with Crippen LogP contribution in [0.1, 0.15) is 49.5 Å². The van der Waals surface area contributed by atoms with Gasteiger partial charge in [0.25, 0.3) is 0 Å². The molecule has 2 aliphatic heterocycles. The predicted octanol–water partition coefficient (Wildman–Crippen LogP) is 1.83. The summed E-state index contributed by atoms with van der Waals surface area (Å²) in [6, 6.07) is 6.64. The van der Waals surface area contributed by atoms with E-state index < -0.39 is 16.7 Å². The van der Waals surface area contributed by atoms with Crippen molar-refractivity contribution in [2.75, 3.05) is 13.1 Å². The molecule has 0 bridgehead atoms. The van der Waals surface area contributed by atoms with E-state index in [-0.39, 0.29) is 18.5 Å². The summed E-state index contributed by atoms with van der Waals surface area (Å²) in [5.74, 6) is 0.297. The first-order chi connectivity index (χ1) is 14.0. The van der Waals surface area contributed by atoms with E-state index >= 15 is 0 Å². The molecule has 0 radical (unpaired) electrons. The Bertz CT molecular complexity index is 1040. The molecular weight excluding hydrogens is 375 g/mol. The van der Waals surface area contributed by atoms with Crippen LogP contribution in [-0.2, 0) is 24.4 Å². The van der Waals surface area contributed by atoms with Crippen molar-refractivity contribution in [3.05, 3.63) is 62.2 Å². The maximum absolute atomic E-state index is 13.5. The molecule has 1 aromatic heterocycles. The third kappa shape index (κ3) is 3.44. The molecule has 3 heterocycles. The Morgan fingerprint density at radius 3 is 2.79 bits per heavy atom. The van der Waals surface area contributed by atoms with Crippen LogP contribution in [-0.4, -0.2) is 37.9 Å². The van der Waals surface area contributed by atoms with E-state index in [1.165, 1.54) is 15.3 Å². The number of rotatable bonds is 3. The molecule has 1 aliphatic carbocycles. The van der Waals surface area contributed by atoms with Gasteiger partial charge in [-0.05, 0) is 37.0 Å². The summed E-state index contributed by atoms with van der Waals surface area (Å²) in [7, 11) is 0. The Hall–Kier alpha value is -2.32. The van der Waals surface area contributed by atoms with Gasteiger partial charge < -0.3 is 4.74 Å². The van der Waals surface area contributed by atoms with Crippen molar-refractivity contribution in [1.82, 2.24) is 19.2 Å². The lowest BCUT2D eigenvalue weighted by molar-refractivity contribution is -0.0860. The molecule has 1 aromatic carbocycles. The van der Waals surface area contributed by atoms with E-state index in [0.717, 1.165) is 44.2 Å². The molecule has 8 heteroatoms. The van der Waals surface area contributed by atoms with Crippen molar-refractivity contribution >= 4 is 0 Å². The Morgan fingerprint density at radius 2 is 2.00 bits per heavy atom. The van der Waals surface area contributed by atoms with Gasteiger partial charge in [-0.15, -0.1) is 0 Å². The average molecular weight is 400 g/mol. The standard InChI is InChI=1S/C21H25FN4O3/c22-16-5-3-4-15(10-16)11-24-9-8-21(13-24)14-25-18(12-29-21)23-26(20(28)19(25)27)17-6-1-2-7-17/h3-5,10,17H,1-2,6-9,11-14H2. The number of benzene rings is 1. The number of hydrogen-bond donors (Lipinski definition) is 0. The lowest BCUT2D eigenvalue weighted by Gasteiger charge is -2.35. The molecule has 1 unspecified atom stereocenters. The van der Waals surface area contributed by atoms with Crippen LogP contribution in [0.15, 0.2) is 33.9 Å². The van der Waals surface area contributed by atoms with Gasteiger partial charge in [-0.3, -0.25) is 19.1 Å². The SMILES string of the molecule is O=c1c(=O)n2c(nn1C1CCCC1)COC1(CCN(Cc3cccc(F)c3)C1)C2. The molecule has 1 atom stereocenters. The zero-order chi connectivity index (χ0) is 20.0. The van der Waals surface area contributed by atoms with Crippen LogP contribution in [0.5, 0.6) is 0 Å². The van der Waals surface area contributed by atoms with Gasteiger partial charge in [-0.2, -0.15) is 5.10 Å². The summed E-state index contributed by atoms with van der Waals surface area (Å²) >= 11 is 0. The predicted molar refractivity (Wildman–Crippen MR) is 104 cm³/mol. The Morgan fingerprint density at radius 1 is 1.17 bits per heavy atom. The van der Waals surface area contributed by atoms with Crippen LogP contribution >= 0.6 is 0 Å². The minimum Gasteiger partial charge on any atom is -0.364 e. The van der Waals surface area contributed by atoms with E-state index in [4.69, 9.17) is 4.74 Å². The zero-order valence-corrected chi connectivity index (χ0v) is 16.3. The van der Waals surface area contributed by atoms with Crippen molar-refractivity contribution < 1.29 is 9.13 Å². The molecule has 0 amide bonds. The van der Waals surface area contributed by atoms with E-state index in [1.807, 2.05) is 6.07 Å². The number of ether oxygens (including phenoxy) is 1. The molecule has 0 N–H and O–H groups in total. The van der Waals surface area contributed by atoms with Gasteiger partial charge >= 0.3 is 11.1 Å². The normalized spacial score (nSPS) is 25.0. The molecule has 154 valence electrons. The van der Waals surface area contributed by atoms with E-state index in [1.54, 1.807) is 12.1 Å². The zero-order valence-electron chi connectivity index (χ0n) is 16.3. The number of likely N-dealkylation sites (tertiary alicyclic amines) is 1. The molecule has 3 aliphatic rings. The molecule has 2 aromatic rings. The van der Waals surface area contributed by atoms with E-state index in [2.05, 4.69) is 10.00 Å². The second-order valence-corrected chi connectivity index (χ2v) is 8.56. The minimum atomic E-state index is -0.521. The summed E-state index contributed by atoms with van der Waals surface area (Å²) in [5.41, 5.74) is -0.602. The van der Waals surface area contributed by atoms with E-state index in [0.29, 0.717) is 25.5 Å². The topological polar surface area (TPSA) is 69.4 Å². The molecule has 5 rings (SSSR count). The third-order valence-electron chi connectivity index (χ3n) is 6.49. The summed E-state index contributed by atoms with van der Waals surface area (Å²) in [4.78, 5) is 27.7. The highest BCUT2D eigenvalue weighted by molar-refractivity contribution is 5.16. The van der Waals surface area contributed by atoms with Gasteiger partial charge in [0, 0.05) is 19.6 Å². The lowest BCUT2D eigenvalue weighted by atomic mass is 10.0. The van der Waals surface area contributed by atoms with Crippen molar-refractivity contribution in [1.29, 1.82) is 0 Å². The van der Waals surface area contributed by atoms with Gasteiger partial charge in [0.1, 0.15) is 18.0 Å². The minimum absolute atomic E-state index is 0.0326. The van der Waals surface area contributed by atoms with Crippen LogP contribution in [0, 0.1) is 5.82 Å². The van der Waals surface area contributed by atoms with Crippen molar-refractivity contribution in [2.45, 2.75) is 63.4 Å². The van der Waals surface area contributed by atoms with Crippen LogP contribution in [0.3, 0.4) is 0 Å². The summed E-state index contributed by atoms with van der Waals surface area (Å²) in [5, 5.41) is 4.49. The van der Waals surface area contributed by atoms with Crippen LogP contribution in [0.2, 0.25) is 0 Å². The smallest absolute Gasteiger partial charge is 0.332 e. The van der Waals surface area contributed by atoms with Crippen molar-refractivity contribution in [2.24, 2.45) is 0 Å². The average Bonchev–Trinajstić information content (AvgIpc) is 3.36. The van der Waals surface area contributed by atoms with E-state index in [9.17, 15) is 14.0 Å². The number of nitrogens with zero attached hydrogens (tertiary/aromatic N) is 4. The van der Waals surface area contributed by atoms with Crippen LogP contribution in [0.4, 0.5) is 4.39 Å². The highest BCUT2D eigenvalue weighted by Crippen LogP contribution is 2.32. The maximum atomic E-state index is 13.5. The molecule has 7 nitrogen and oxygen atoms in total. The lowest BCUT2D eigenvalue weighted by Crippen LogP contribution is -2.53. The molecule has 1 spiro atoms. The molecule has 1 saturated carbocycles. The molecular formula is C21H25FN4O3. The second-order valence-electron chi connectivity index (χ2n) is 8.56. The van der Waals surface area contributed by atoms with Crippen LogP contribution in [0.25, 0.3) is 0 Å². The Kier molecular flexibility index (Phi) is 4.63. The number of aromatic nitrogens is 3. The first-order valence-electron chi connectivity index (χ1n) is 10.4. The number of halogens is 1. The highest BCUT2D eigenvalue weighted by atomic mass is 19.1. The van der Waals surface area contributed by atoms with Gasteiger partial charge in [-0.1, -0.05) is 25.0 Å². The monoisotopic (exact) mass is 400 g/mol. The molecule has 29 heavy (non-hydrogen) atoms. The quantitative estimate of drug-likeness (QED) is 0.736. The Balaban J connectivity index is 1.36. The maximum Gasteiger partial charge on any atom is 0.332 e.